The van der Waals surface area contributed by atoms with Gasteiger partial charge < -0.3 is 20.1 Å². The van der Waals surface area contributed by atoms with Crippen molar-refractivity contribution in [1.29, 1.82) is 0 Å². The molecule has 0 bridgehead atoms. The highest BCUT2D eigenvalue weighted by Gasteiger charge is 2.52. The van der Waals surface area contributed by atoms with Crippen molar-refractivity contribution >= 4 is 11.9 Å². The summed E-state index contributed by atoms with van der Waals surface area (Å²) in [5.41, 5.74) is 6.44. The summed E-state index contributed by atoms with van der Waals surface area (Å²) in [5, 5.41) is 0. The van der Waals surface area contributed by atoms with E-state index >= 15 is 0 Å². The third-order valence-corrected chi connectivity index (χ3v) is 5.36. The molecule has 1 amide bonds. The maximum absolute atomic E-state index is 13.0. The second kappa shape index (κ2) is 6.05. The molecule has 23 heavy (non-hydrogen) atoms. The molecule has 1 aliphatic carbocycles. The predicted molar refractivity (Wildman–Crippen MR) is 85.0 cm³/mol. The lowest BCUT2D eigenvalue weighted by molar-refractivity contribution is -0.0893. The second-order valence-corrected chi connectivity index (χ2v) is 6.39. The van der Waals surface area contributed by atoms with Crippen LogP contribution >= 0.6 is 0 Å². The molecule has 2 N–H and O–H groups in total. The number of nitrogen functional groups attached to an aromatic ring is 1. The molecule has 0 radical (unpaired) electrons. The Morgan fingerprint density at radius 2 is 2.22 bits per heavy atom. The molecule has 1 saturated carbocycles. The van der Waals surface area contributed by atoms with Gasteiger partial charge in [-0.2, -0.15) is 0 Å². The fourth-order valence-corrected chi connectivity index (χ4v) is 3.97. The number of hydrogen-bond acceptors (Lipinski definition) is 6. The molecule has 2 heterocycles. The summed E-state index contributed by atoms with van der Waals surface area (Å²) in [5.74, 6) is 0.131. The van der Waals surface area contributed by atoms with Crippen LogP contribution in [-0.4, -0.2) is 59.3 Å². The van der Waals surface area contributed by atoms with Crippen molar-refractivity contribution in [2.75, 3.05) is 26.5 Å². The van der Waals surface area contributed by atoms with Gasteiger partial charge in [-0.05, 0) is 32.6 Å². The Morgan fingerprint density at radius 1 is 1.43 bits per heavy atom. The van der Waals surface area contributed by atoms with Crippen LogP contribution in [0.15, 0.2) is 6.20 Å². The van der Waals surface area contributed by atoms with Gasteiger partial charge in [-0.15, -0.1) is 0 Å². The van der Waals surface area contributed by atoms with Gasteiger partial charge in [0.05, 0.1) is 29.0 Å². The van der Waals surface area contributed by atoms with Gasteiger partial charge in [-0.3, -0.25) is 4.79 Å². The van der Waals surface area contributed by atoms with Crippen LogP contribution in [0, 0.1) is 6.92 Å². The maximum Gasteiger partial charge on any atom is 0.257 e. The molecule has 3 rings (SSSR count). The topological polar surface area (TPSA) is 90.6 Å². The van der Waals surface area contributed by atoms with E-state index in [2.05, 4.69) is 9.97 Å². The van der Waals surface area contributed by atoms with Gasteiger partial charge in [0.25, 0.3) is 5.91 Å². The Bertz CT molecular complexity index is 609. The molecule has 1 saturated heterocycles. The van der Waals surface area contributed by atoms with Crippen molar-refractivity contribution in [2.45, 2.75) is 50.4 Å². The third kappa shape index (κ3) is 2.68. The van der Waals surface area contributed by atoms with Crippen molar-refractivity contribution in [3.8, 4) is 0 Å². The minimum Gasteiger partial charge on any atom is -0.381 e. The molecule has 2 aliphatic rings. The number of ether oxygens (including phenoxy) is 2. The zero-order chi connectivity index (χ0) is 16.6. The molecule has 7 heteroatoms. The Balaban J connectivity index is 1.88. The van der Waals surface area contributed by atoms with Gasteiger partial charge in [0.15, 0.2) is 0 Å². The Morgan fingerprint density at radius 3 is 2.87 bits per heavy atom. The Labute approximate surface area is 136 Å². The molecule has 2 fully saturated rings. The van der Waals surface area contributed by atoms with Crippen LogP contribution in [0.2, 0.25) is 0 Å². The molecule has 1 aromatic rings. The summed E-state index contributed by atoms with van der Waals surface area (Å²) >= 11 is 0. The first kappa shape index (κ1) is 16.1. The van der Waals surface area contributed by atoms with E-state index in [1.807, 2.05) is 4.90 Å². The number of aromatic nitrogens is 2. The van der Waals surface area contributed by atoms with E-state index in [-0.39, 0.29) is 29.6 Å². The van der Waals surface area contributed by atoms with Gasteiger partial charge >= 0.3 is 0 Å². The van der Waals surface area contributed by atoms with Crippen LogP contribution in [0.3, 0.4) is 0 Å². The van der Waals surface area contributed by atoms with Gasteiger partial charge in [0, 0.05) is 27.0 Å². The van der Waals surface area contributed by atoms with E-state index in [4.69, 9.17) is 15.2 Å². The summed E-state index contributed by atoms with van der Waals surface area (Å²) < 4.78 is 11.4. The molecular weight excluding hydrogens is 296 g/mol. The fourth-order valence-electron chi connectivity index (χ4n) is 3.97. The van der Waals surface area contributed by atoms with E-state index in [1.54, 1.807) is 21.1 Å². The number of nitrogens with zero attached hydrogens (tertiary/aromatic N) is 3. The van der Waals surface area contributed by atoms with Crippen molar-refractivity contribution in [2.24, 2.45) is 0 Å². The normalized spacial score (nSPS) is 30.3. The zero-order valence-corrected chi connectivity index (χ0v) is 13.9. The summed E-state index contributed by atoms with van der Waals surface area (Å²) in [7, 11) is 3.47. The monoisotopic (exact) mass is 320 g/mol. The Kier molecular flexibility index (Phi) is 4.25. The van der Waals surface area contributed by atoms with Crippen LogP contribution < -0.4 is 5.73 Å². The molecule has 0 unspecified atom stereocenters. The standard InChI is InChI=1S/C16H24N4O3/c1-10-12(9-18-15(17)19-10)14(21)20-7-6-16(23-3)5-4-11(22-2)8-13(16)20/h9,11,13H,4-8H2,1-3H3,(H2,17,18,19)/t11-,13-,16+/m0/s1. The maximum atomic E-state index is 13.0. The number of aryl methyl sites for hydroxylation is 1. The summed E-state index contributed by atoms with van der Waals surface area (Å²) in [6.07, 6.45) is 5.21. The van der Waals surface area contributed by atoms with Gasteiger partial charge in [-0.25, -0.2) is 9.97 Å². The summed E-state index contributed by atoms with van der Waals surface area (Å²) in [4.78, 5) is 23.0. The molecule has 7 nitrogen and oxygen atoms in total. The number of carbonyl (C=O) groups is 1. The lowest BCUT2D eigenvalue weighted by Gasteiger charge is -2.43. The van der Waals surface area contributed by atoms with Crippen LogP contribution in [0.5, 0.6) is 0 Å². The highest BCUT2D eigenvalue weighted by atomic mass is 16.5. The molecule has 1 aliphatic heterocycles. The first-order chi connectivity index (χ1) is 11.0. The van der Waals surface area contributed by atoms with Crippen molar-refractivity contribution < 1.29 is 14.3 Å². The van der Waals surface area contributed by atoms with Crippen LogP contribution in [0.1, 0.15) is 41.7 Å². The first-order valence-corrected chi connectivity index (χ1v) is 7.99. The quantitative estimate of drug-likeness (QED) is 0.899. The fraction of sp³-hybridized carbons (Fsp3) is 0.688. The SMILES string of the molecule is CO[C@H]1CC[C@@]2(OC)CCN(C(=O)c3cnc(N)nc3C)[C@H]2C1. The van der Waals surface area contributed by atoms with Crippen LogP contribution in [-0.2, 0) is 9.47 Å². The summed E-state index contributed by atoms with van der Waals surface area (Å²) in [6.45, 7) is 2.46. The number of hydrogen-bond donors (Lipinski definition) is 1. The molecule has 3 atom stereocenters. The summed E-state index contributed by atoms with van der Waals surface area (Å²) in [6, 6.07) is 0.0238. The van der Waals surface area contributed by atoms with Gasteiger partial charge in [0.1, 0.15) is 0 Å². The van der Waals surface area contributed by atoms with Gasteiger partial charge in [0.2, 0.25) is 5.95 Å². The molecule has 126 valence electrons. The average molecular weight is 320 g/mol. The largest absolute Gasteiger partial charge is 0.381 e. The number of anilines is 1. The number of likely N-dealkylation sites (tertiary alicyclic amines) is 1. The number of carbonyl (C=O) groups excluding carboxylic acids is 1. The minimum absolute atomic E-state index is 0.0238. The van der Waals surface area contributed by atoms with Crippen molar-refractivity contribution in [1.82, 2.24) is 14.9 Å². The van der Waals surface area contributed by atoms with Crippen molar-refractivity contribution in [3.63, 3.8) is 0 Å². The number of fused-ring (bicyclic) bond motifs is 1. The van der Waals surface area contributed by atoms with E-state index in [0.29, 0.717) is 17.8 Å². The Hall–Kier alpha value is -1.73. The average Bonchev–Trinajstić information content (AvgIpc) is 2.93. The van der Waals surface area contributed by atoms with E-state index in [1.165, 1.54) is 6.20 Å². The third-order valence-electron chi connectivity index (χ3n) is 5.36. The van der Waals surface area contributed by atoms with E-state index in [9.17, 15) is 4.79 Å². The number of methoxy groups -OCH3 is 2. The van der Waals surface area contributed by atoms with Crippen molar-refractivity contribution in [3.05, 3.63) is 17.5 Å². The van der Waals surface area contributed by atoms with E-state index < -0.39 is 0 Å². The van der Waals surface area contributed by atoms with Crippen LogP contribution in [0.4, 0.5) is 5.95 Å². The molecule has 0 spiro atoms. The lowest BCUT2D eigenvalue weighted by Crippen LogP contribution is -2.53. The van der Waals surface area contributed by atoms with Gasteiger partial charge in [-0.1, -0.05) is 0 Å². The van der Waals surface area contributed by atoms with Crippen LogP contribution in [0.25, 0.3) is 0 Å². The number of rotatable bonds is 3. The smallest absolute Gasteiger partial charge is 0.257 e. The molecule has 1 aromatic heterocycles. The lowest BCUT2D eigenvalue weighted by atomic mass is 9.79. The highest BCUT2D eigenvalue weighted by molar-refractivity contribution is 5.95. The number of nitrogens with two attached hydrogens (primary N) is 1. The highest BCUT2D eigenvalue weighted by Crippen LogP contribution is 2.43. The molecule has 0 aromatic carbocycles. The van der Waals surface area contributed by atoms with E-state index in [0.717, 1.165) is 25.7 Å². The zero-order valence-electron chi connectivity index (χ0n) is 13.9. The molecular formula is C16H24N4O3. The number of amides is 1. The first-order valence-electron chi connectivity index (χ1n) is 7.99. The minimum atomic E-state index is -0.257. The second-order valence-electron chi connectivity index (χ2n) is 6.39. The predicted octanol–water partition coefficient (Wildman–Crippen LogP) is 1.17.